The van der Waals surface area contributed by atoms with Crippen LogP contribution in [-0.2, 0) is 0 Å². The molecule has 170 valence electrons. The number of aliphatic hydroxyl groups is 1. The minimum atomic E-state index is -0.126. The zero-order valence-corrected chi connectivity index (χ0v) is 20.3. The molecule has 0 aromatic rings. The quantitative estimate of drug-likeness (QED) is 0.494. The molecule has 0 heterocycles. The fourth-order valence-corrected chi connectivity index (χ4v) is 10.9. The molecule has 0 aliphatic heterocycles. The van der Waals surface area contributed by atoms with Gasteiger partial charge in [0.15, 0.2) is 0 Å². The maximum Gasteiger partial charge on any atom is 0.0594 e. The van der Waals surface area contributed by atoms with Crippen molar-refractivity contribution in [3.05, 3.63) is 12.2 Å². The molecule has 5 aliphatic rings. The lowest BCUT2D eigenvalue weighted by Crippen LogP contribution is -2.64. The van der Waals surface area contributed by atoms with Crippen molar-refractivity contribution in [2.75, 3.05) is 0 Å². The summed E-state index contributed by atoms with van der Waals surface area (Å²) in [5, 5.41) is 10.8. The second kappa shape index (κ2) is 6.60. The van der Waals surface area contributed by atoms with Crippen LogP contribution in [0.2, 0.25) is 0 Å². The lowest BCUT2D eigenvalue weighted by atomic mass is 9.36. The van der Waals surface area contributed by atoms with E-state index in [4.69, 9.17) is 5.73 Å². The molecule has 0 saturated heterocycles. The Morgan fingerprint density at radius 3 is 2.20 bits per heavy atom. The van der Waals surface area contributed by atoms with Gasteiger partial charge in [0.2, 0.25) is 0 Å². The van der Waals surface area contributed by atoms with E-state index in [1.54, 1.807) is 0 Å². The number of rotatable bonds is 1. The van der Waals surface area contributed by atoms with Gasteiger partial charge < -0.3 is 10.8 Å². The molecule has 5 saturated carbocycles. The van der Waals surface area contributed by atoms with Gasteiger partial charge in [-0.2, -0.15) is 0 Å². The molecule has 0 aromatic heterocycles. The minimum absolute atomic E-state index is 0.0562. The van der Waals surface area contributed by atoms with Crippen molar-refractivity contribution < 1.29 is 5.11 Å². The summed E-state index contributed by atoms with van der Waals surface area (Å²) in [6.45, 7) is 16.7. The van der Waals surface area contributed by atoms with Gasteiger partial charge in [-0.05, 0) is 123 Å². The summed E-state index contributed by atoms with van der Waals surface area (Å²) in [6.07, 6.45) is 12.6. The number of allylic oxidation sites excluding steroid dienone is 1. The Bertz CT molecular complexity index is 728. The molecule has 0 spiro atoms. The maximum atomic E-state index is 10.8. The van der Waals surface area contributed by atoms with Gasteiger partial charge in [-0.1, -0.05) is 39.8 Å². The van der Waals surface area contributed by atoms with Crippen LogP contribution in [0.15, 0.2) is 12.2 Å². The summed E-state index contributed by atoms with van der Waals surface area (Å²) in [7, 11) is 0. The molecule has 5 rings (SSSR count). The van der Waals surface area contributed by atoms with Crippen LogP contribution >= 0.6 is 0 Å². The van der Waals surface area contributed by atoms with E-state index < -0.39 is 0 Å². The highest BCUT2D eigenvalue weighted by Gasteiger charge is 2.66. The number of nitrogens with two attached hydrogens (primary N) is 1. The predicted octanol–water partition coefficient (Wildman–Crippen LogP) is 6.33. The Morgan fingerprint density at radius 1 is 0.833 bits per heavy atom. The highest BCUT2D eigenvalue weighted by molar-refractivity contribution is 5.20. The first-order valence-corrected chi connectivity index (χ1v) is 13.1. The normalized spacial score (nSPS) is 57.0. The number of hydrogen-bond donors (Lipinski definition) is 2. The highest BCUT2D eigenvalue weighted by Crippen LogP contribution is 2.72. The highest BCUT2D eigenvalue weighted by atomic mass is 16.3. The van der Waals surface area contributed by atoms with Crippen molar-refractivity contribution in [3.8, 4) is 0 Å². The molecule has 0 radical (unpaired) electrons. The minimum Gasteiger partial charge on any atom is -0.393 e. The van der Waals surface area contributed by atoms with Crippen molar-refractivity contribution >= 4 is 0 Å². The van der Waals surface area contributed by atoms with Crippen LogP contribution in [0.4, 0.5) is 0 Å². The monoisotopic (exact) mass is 413 g/mol. The molecule has 2 heteroatoms. The molecule has 0 aromatic carbocycles. The zero-order chi connectivity index (χ0) is 21.7. The molecule has 0 amide bonds. The van der Waals surface area contributed by atoms with Gasteiger partial charge in [-0.15, -0.1) is 0 Å². The number of aliphatic hydroxyl groups excluding tert-OH is 1. The average molecular weight is 414 g/mol. The Kier molecular flexibility index (Phi) is 4.73. The summed E-state index contributed by atoms with van der Waals surface area (Å²) in [5.74, 6) is 4.43. The van der Waals surface area contributed by atoms with Crippen molar-refractivity contribution in [1.29, 1.82) is 0 Å². The molecule has 5 fully saturated rings. The molecule has 2 nitrogen and oxygen atoms in total. The van der Waals surface area contributed by atoms with Crippen molar-refractivity contribution in [3.63, 3.8) is 0 Å². The third-order valence-electron chi connectivity index (χ3n) is 12.3. The SMILES string of the molecule is C=C(C)[C@@H]1CC[C@]2(N)CCC3[C@H](CCC4[C@@]3(C)CCC3C(C)(C)[C@@H](O)CC[C@@]34C)C12. The molecule has 30 heavy (non-hydrogen) atoms. The summed E-state index contributed by atoms with van der Waals surface area (Å²) in [4.78, 5) is 0. The Balaban J connectivity index is 1.49. The van der Waals surface area contributed by atoms with E-state index >= 15 is 0 Å². The maximum absolute atomic E-state index is 10.8. The van der Waals surface area contributed by atoms with Crippen molar-refractivity contribution in [2.45, 2.75) is 110 Å². The fourth-order valence-electron chi connectivity index (χ4n) is 10.9. The smallest absolute Gasteiger partial charge is 0.0594 e. The van der Waals surface area contributed by atoms with Gasteiger partial charge in [-0.3, -0.25) is 0 Å². The molecule has 4 unspecified atom stereocenters. The van der Waals surface area contributed by atoms with Gasteiger partial charge in [0, 0.05) is 5.54 Å². The van der Waals surface area contributed by atoms with E-state index in [9.17, 15) is 5.11 Å². The first kappa shape index (κ1) is 21.5. The van der Waals surface area contributed by atoms with Gasteiger partial charge in [0.05, 0.1) is 6.10 Å². The van der Waals surface area contributed by atoms with Crippen molar-refractivity contribution in [2.24, 2.45) is 57.5 Å². The van der Waals surface area contributed by atoms with Crippen LogP contribution < -0.4 is 5.73 Å². The van der Waals surface area contributed by atoms with Gasteiger partial charge in [-0.25, -0.2) is 0 Å². The van der Waals surface area contributed by atoms with E-state index in [1.807, 2.05) is 0 Å². The summed E-state index contributed by atoms with van der Waals surface area (Å²) >= 11 is 0. The second-order valence-corrected chi connectivity index (χ2v) is 13.7. The molecular formula is C28H47NO. The van der Waals surface area contributed by atoms with Crippen LogP contribution in [0.25, 0.3) is 0 Å². The molecule has 3 N–H and O–H groups in total. The lowest BCUT2D eigenvalue weighted by Gasteiger charge is -2.69. The van der Waals surface area contributed by atoms with Crippen LogP contribution in [0.1, 0.15) is 98.8 Å². The largest absolute Gasteiger partial charge is 0.393 e. The average Bonchev–Trinajstić information content (AvgIpc) is 3.03. The second-order valence-electron chi connectivity index (χ2n) is 13.7. The third kappa shape index (κ3) is 2.62. The Labute approximate surface area is 185 Å². The Hall–Kier alpha value is -0.340. The lowest BCUT2D eigenvalue weighted by molar-refractivity contribution is -0.212. The van der Waals surface area contributed by atoms with E-state index in [1.165, 1.54) is 63.4 Å². The first-order valence-electron chi connectivity index (χ1n) is 13.1. The van der Waals surface area contributed by atoms with Crippen LogP contribution in [0.5, 0.6) is 0 Å². The first-order chi connectivity index (χ1) is 13.9. The van der Waals surface area contributed by atoms with Crippen LogP contribution in [0, 0.1) is 51.8 Å². The molecule has 0 bridgehead atoms. The fraction of sp³-hybridized carbons (Fsp3) is 0.929. The number of hydrogen-bond acceptors (Lipinski definition) is 2. The zero-order valence-electron chi connectivity index (χ0n) is 20.3. The molecule has 5 aliphatic carbocycles. The van der Waals surface area contributed by atoms with Crippen LogP contribution in [0.3, 0.4) is 0 Å². The predicted molar refractivity (Wildman–Crippen MR) is 125 cm³/mol. The van der Waals surface area contributed by atoms with Crippen molar-refractivity contribution in [1.82, 2.24) is 0 Å². The topological polar surface area (TPSA) is 46.2 Å². The van der Waals surface area contributed by atoms with Gasteiger partial charge in [0.25, 0.3) is 0 Å². The molecular weight excluding hydrogens is 366 g/mol. The van der Waals surface area contributed by atoms with E-state index in [2.05, 4.69) is 41.2 Å². The summed E-state index contributed by atoms with van der Waals surface area (Å²) < 4.78 is 0. The van der Waals surface area contributed by atoms with E-state index in [-0.39, 0.29) is 17.1 Å². The Morgan fingerprint density at radius 2 is 1.50 bits per heavy atom. The number of fused-ring (bicyclic) bond motifs is 7. The van der Waals surface area contributed by atoms with E-state index in [0.29, 0.717) is 28.6 Å². The van der Waals surface area contributed by atoms with Crippen LogP contribution in [-0.4, -0.2) is 16.7 Å². The van der Waals surface area contributed by atoms with Gasteiger partial charge >= 0.3 is 0 Å². The summed E-state index contributed by atoms with van der Waals surface area (Å²) in [5.41, 5.74) is 9.49. The van der Waals surface area contributed by atoms with E-state index in [0.717, 1.165) is 24.2 Å². The molecule has 10 atom stereocenters. The summed E-state index contributed by atoms with van der Waals surface area (Å²) in [6, 6.07) is 0. The van der Waals surface area contributed by atoms with Gasteiger partial charge in [0.1, 0.15) is 0 Å². The standard InChI is InChI=1S/C28H47NO/c1-17(2)18-9-15-28(29)16-10-20-19(24(18)28)7-8-22-26(20,5)13-11-21-25(3,4)23(30)12-14-27(21,22)6/h18-24,30H,1,7-16,29H2,2-6H3/t18-,19-,20?,21?,22?,23-,24?,26-,27-,28-/m0/s1. The third-order valence-corrected chi connectivity index (χ3v) is 12.3.